The van der Waals surface area contributed by atoms with Gasteiger partial charge >= 0.3 is 0 Å². The van der Waals surface area contributed by atoms with Crippen LogP contribution in [0.15, 0.2) is 23.8 Å². The van der Waals surface area contributed by atoms with E-state index >= 15 is 0 Å². The van der Waals surface area contributed by atoms with Gasteiger partial charge in [-0.15, -0.1) is 0 Å². The first kappa shape index (κ1) is 13.5. The first-order chi connectivity index (χ1) is 8.63. The Balaban J connectivity index is 2.14. The highest BCUT2D eigenvalue weighted by Crippen LogP contribution is 2.43. The van der Waals surface area contributed by atoms with Crippen LogP contribution in [0.4, 0.5) is 0 Å². The van der Waals surface area contributed by atoms with E-state index in [0.717, 1.165) is 12.0 Å². The SMILES string of the molecule is C=C1C2=C[C@@H](C)[C@H](COCOC)[C@H]1CC(=O)CC2. The van der Waals surface area contributed by atoms with Gasteiger partial charge in [-0.2, -0.15) is 0 Å². The second-order valence-electron chi connectivity index (χ2n) is 5.37. The molecule has 0 radical (unpaired) electrons. The van der Waals surface area contributed by atoms with Crippen molar-refractivity contribution in [2.24, 2.45) is 17.8 Å². The number of hydrogen-bond donors (Lipinski definition) is 0. The quantitative estimate of drug-likeness (QED) is 0.568. The molecule has 0 aliphatic heterocycles. The third kappa shape index (κ3) is 2.73. The highest BCUT2D eigenvalue weighted by molar-refractivity contribution is 5.80. The highest BCUT2D eigenvalue weighted by Gasteiger charge is 2.36. The van der Waals surface area contributed by atoms with Gasteiger partial charge in [0.15, 0.2) is 0 Å². The Hall–Kier alpha value is -0.930. The maximum atomic E-state index is 11.8. The van der Waals surface area contributed by atoms with Gasteiger partial charge in [0.2, 0.25) is 0 Å². The number of ether oxygens (including phenoxy) is 2. The lowest BCUT2D eigenvalue weighted by molar-refractivity contribution is -0.120. The standard InChI is InChI=1S/C15H22O3/c1-10-6-12-4-5-13(16)7-14(11(12)2)15(10)8-18-9-17-3/h6,10,14-15H,2,4-5,7-9H2,1,3H3/t10-,14+,15+/m1/s1. The summed E-state index contributed by atoms with van der Waals surface area (Å²) in [4.78, 5) is 11.8. The van der Waals surface area contributed by atoms with Crippen LogP contribution in [0, 0.1) is 17.8 Å². The van der Waals surface area contributed by atoms with E-state index in [2.05, 4.69) is 19.6 Å². The lowest BCUT2D eigenvalue weighted by Crippen LogP contribution is -2.31. The van der Waals surface area contributed by atoms with E-state index in [0.29, 0.717) is 43.9 Å². The molecule has 2 rings (SSSR count). The summed E-state index contributed by atoms with van der Waals surface area (Å²) in [6, 6.07) is 0. The molecule has 0 N–H and O–H groups in total. The third-order valence-corrected chi connectivity index (χ3v) is 4.15. The van der Waals surface area contributed by atoms with E-state index in [4.69, 9.17) is 9.47 Å². The average Bonchev–Trinajstić information content (AvgIpc) is 2.43. The molecule has 0 amide bonds. The van der Waals surface area contributed by atoms with E-state index in [9.17, 15) is 4.79 Å². The number of allylic oxidation sites excluding steroid dienone is 3. The van der Waals surface area contributed by atoms with Crippen LogP contribution in [0.1, 0.15) is 26.2 Å². The molecule has 100 valence electrons. The molecule has 0 spiro atoms. The molecule has 2 bridgehead atoms. The molecule has 0 heterocycles. The molecule has 0 saturated heterocycles. The van der Waals surface area contributed by atoms with Crippen LogP contribution < -0.4 is 0 Å². The summed E-state index contributed by atoms with van der Waals surface area (Å²) >= 11 is 0. The summed E-state index contributed by atoms with van der Waals surface area (Å²) in [5.74, 6) is 1.40. The van der Waals surface area contributed by atoms with Crippen LogP contribution in [-0.4, -0.2) is 26.3 Å². The number of Topliss-reactive ketones (excluding diaryl/α,β-unsaturated/α-hetero) is 1. The zero-order chi connectivity index (χ0) is 13.1. The van der Waals surface area contributed by atoms with E-state index in [1.54, 1.807) is 7.11 Å². The van der Waals surface area contributed by atoms with E-state index in [1.807, 2.05) is 0 Å². The fourth-order valence-corrected chi connectivity index (χ4v) is 3.09. The molecule has 18 heavy (non-hydrogen) atoms. The zero-order valence-corrected chi connectivity index (χ0v) is 11.3. The Morgan fingerprint density at radius 1 is 1.44 bits per heavy atom. The Labute approximate surface area is 109 Å². The van der Waals surface area contributed by atoms with Gasteiger partial charge in [-0.3, -0.25) is 4.79 Å². The van der Waals surface area contributed by atoms with Crippen molar-refractivity contribution in [1.29, 1.82) is 0 Å². The number of carbonyl (C=O) groups excluding carboxylic acids is 1. The van der Waals surface area contributed by atoms with Crippen LogP contribution in [0.2, 0.25) is 0 Å². The minimum atomic E-state index is 0.256. The summed E-state index contributed by atoms with van der Waals surface area (Å²) in [6.45, 7) is 7.35. The molecule has 3 atom stereocenters. The van der Waals surface area contributed by atoms with Gasteiger partial charge in [0, 0.05) is 20.0 Å². The van der Waals surface area contributed by atoms with E-state index in [1.165, 1.54) is 5.57 Å². The van der Waals surface area contributed by atoms with Gasteiger partial charge in [0.25, 0.3) is 0 Å². The molecule has 1 saturated carbocycles. The Bertz CT molecular complexity index is 370. The fourth-order valence-electron chi connectivity index (χ4n) is 3.09. The lowest BCUT2D eigenvalue weighted by atomic mass is 9.71. The van der Waals surface area contributed by atoms with Crippen LogP contribution in [0.25, 0.3) is 0 Å². The molecule has 0 aromatic carbocycles. The summed E-state index contributed by atoms with van der Waals surface area (Å²) in [5.41, 5.74) is 2.45. The average molecular weight is 250 g/mol. The monoisotopic (exact) mass is 250 g/mol. The summed E-state index contributed by atoms with van der Waals surface area (Å²) in [7, 11) is 1.62. The topological polar surface area (TPSA) is 35.5 Å². The van der Waals surface area contributed by atoms with Crippen molar-refractivity contribution in [3.05, 3.63) is 23.8 Å². The zero-order valence-electron chi connectivity index (χ0n) is 11.3. The van der Waals surface area contributed by atoms with Crippen molar-refractivity contribution >= 4 is 5.78 Å². The fraction of sp³-hybridized carbons (Fsp3) is 0.667. The Morgan fingerprint density at radius 3 is 2.94 bits per heavy atom. The summed E-state index contributed by atoms with van der Waals surface area (Å²) in [6.07, 6.45) is 4.43. The molecule has 0 aromatic heterocycles. The van der Waals surface area contributed by atoms with Gasteiger partial charge < -0.3 is 9.47 Å². The van der Waals surface area contributed by atoms with Gasteiger partial charge in [-0.25, -0.2) is 0 Å². The van der Waals surface area contributed by atoms with Crippen LogP contribution >= 0.6 is 0 Å². The second-order valence-corrected chi connectivity index (χ2v) is 5.37. The van der Waals surface area contributed by atoms with Crippen molar-refractivity contribution in [1.82, 2.24) is 0 Å². The van der Waals surface area contributed by atoms with Crippen LogP contribution in [0.3, 0.4) is 0 Å². The lowest BCUT2D eigenvalue weighted by Gasteiger charge is -2.35. The minimum absolute atomic E-state index is 0.256. The number of fused-ring (bicyclic) bond motifs is 2. The van der Waals surface area contributed by atoms with E-state index < -0.39 is 0 Å². The first-order valence-corrected chi connectivity index (χ1v) is 6.61. The van der Waals surface area contributed by atoms with Crippen molar-refractivity contribution in [3.63, 3.8) is 0 Å². The number of methoxy groups -OCH3 is 1. The Kier molecular flexibility index (Phi) is 4.36. The number of ketones is 1. The van der Waals surface area contributed by atoms with Gasteiger partial charge in [-0.05, 0) is 35.3 Å². The molecule has 3 nitrogen and oxygen atoms in total. The normalized spacial score (nSPS) is 32.1. The molecule has 2 aliphatic carbocycles. The van der Waals surface area contributed by atoms with Crippen molar-refractivity contribution in [2.45, 2.75) is 26.2 Å². The van der Waals surface area contributed by atoms with Crippen LogP contribution in [0.5, 0.6) is 0 Å². The van der Waals surface area contributed by atoms with Gasteiger partial charge in [-0.1, -0.05) is 19.6 Å². The predicted octanol–water partition coefficient (Wildman–Crippen LogP) is 2.72. The molecular weight excluding hydrogens is 228 g/mol. The molecule has 3 heteroatoms. The molecular formula is C15H22O3. The molecule has 2 aliphatic rings. The van der Waals surface area contributed by atoms with Gasteiger partial charge in [0.1, 0.15) is 12.6 Å². The van der Waals surface area contributed by atoms with Crippen molar-refractivity contribution < 1.29 is 14.3 Å². The minimum Gasteiger partial charge on any atom is -0.359 e. The van der Waals surface area contributed by atoms with Crippen molar-refractivity contribution in [2.75, 3.05) is 20.5 Å². The van der Waals surface area contributed by atoms with Crippen molar-refractivity contribution in [3.8, 4) is 0 Å². The first-order valence-electron chi connectivity index (χ1n) is 6.61. The Morgan fingerprint density at radius 2 is 2.22 bits per heavy atom. The van der Waals surface area contributed by atoms with E-state index in [-0.39, 0.29) is 5.92 Å². The smallest absolute Gasteiger partial charge is 0.146 e. The maximum absolute atomic E-state index is 11.8. The predicted molar refractivity (Wildman–Crippen MR) is 70.1 cm³/mol. The molecule has 0 aromatic rings. The number of carbonyl (C=O) groups is 1. The molecule has 1 fully saturated rings. The molecule has 0 unspecified atom stereocenters. The van der Waals surface area contributed by atoms with Gasteiger partial charge in [0.05, 0.1) is 6.61 Å². The van der Waals surface area contributed by atoms with Crippen LogP contribution in [-0.2, 0) is 14.3 Å². The highest BCUT2D eigenvalue weighted by atomic mass is 16.7. The largest absolute Gasteiger partial charge is 0.359 e. The summed E-state index contributed by atoms with van der Waals surface area (Å²) < 4.78 is 10.4. The second kappa shape index (κ2) is 5.81. The maximum Gasteiger partial charge on any atom is 0.146 e. The third-order valence-electron chi connectivity index (χ3n) is 4.15. The summed E-state index contributed by atoms with van der Waals surface area (Å²) in [5, 5.41) is 0. The number of hydrogen-bond acceptors (Lipinski definition) is 3. The number of rotatable bonds is 4.